The first-order valence-corrected chi connectivity index (χ1v) is 10.2. The molecule has 0 aromatic carbocycles. The average molecular weight is 331 g/mol. The van der Waals surface area contributed by atoms with E-state index in [9.17, 15) is 8.42 Å². The van der Waals surface area contributed by atoms with E-state index in [1.54, 1.807) is 6.07 Å². The van der Waals surface area contributed by atoms with E-state index in [1.165, 1.54) is 24.2 Å². The van der Waals surface area contributed by atoms with E-state index in [-0.39, 0.29) is 0 Å². The number of hydrogen-bond acceptors (Lipinski definition) is 4. The standard InChI is InChI=1S/C15H26N2O2S2/c1-2-10-16-11-9-14-7-8-15(20-14)21(18,19)17-12-13-5-3-4-6-13/h7-8,13,16-17H,2-6,9-12H2,1H3. The number of rotatable bonds is 9. The molecule has 1 heterocycles. The normalized spacial score (nSPS) is 16.6. The molecule has 1 aliphatic rings. The molecule has 0 bridgehead atoms. The Balaban J connectivity index is 1.83. The largest absolute Gasteiger partial charge is 0.316 e. The van der Waals surface area contributed by atoms with Crippen molar-refractivity contribution in [2.75, 3.05) is 19.6 Å². The minimum atomic E-state index is -3.31. The summed E-state index contributed by atoms with van der Waals surface area (Å²) in [6.07, 6.45) is 6.79. The molecule has 1 saturated carbocycles. The highest BCUT2D eigenvalue weighted by atomic mass is 32.2. The van der Waals surface area contributed by atoms with E-state index in [0.29, 0.717) is 16.7 Å². The molecule has 0 amide bonds. The van der Waals surface area contributed by atoms with Crippen LogP contribution >= 0.6 is 11.3 Å². The first-order chi connectivity index (χ1) is 10.1. The summed E-state index contributed by atoms with van der Waals surface area (Å²) in [5, 5.41) is 3.34. The van der Waals surface area contributed by atoms with Gasteiger partial charge in [-0.2, -0.15) is 0 Å². The summed E-state index contributed by atoms with van der Waals surface area (Å²) < 4.78 is 27.7. The van der Waals surface area contributed by atoms with Gasteiger partial charge in [-0.1, -0.05) is 19.8 Å². The molecular formula is C15H26N2O2S2. The molecule has 0 aliphatic heterocycles. The van der Waals surface area contributed by atoms with Crippen LogP contribution < -0.4 is 10.0 Å². The highest BCUT2D eigenvalue weighted by Gasteiger charge is 2.20. The van der Waals surface area contributed by atoms with Gasteiger partial charge in [-0.3, -0.25) is 0 Å². The molecule has 0 atom stereocenters. The summed E-state index contributed by atoms with van der Waals surface area (Å²) in [5.41, 5.74) is 0. The van der Waals surface area contributed by atoms with Crippen molar-refractivity contribution >= 4 is 21.4 Å². The van der Waals surface area contributed by atoms with Crippen molar-refractivity contribution in [3.63, 3.8) is 0 Å². The van der Waals surface area contributed by atoms with Gasteiger partial charge in [0.15, 0.2) is 0 Å². The number of hydrogen-bond donors (Lipinski definition) is 2. The van der Waals surface area contributed by atoms with Crippen LogP contribution in [-0.2, 0) is 16.4 Å². The van der Waals surface area contributed by atoms with Crippen LogP contribution in [0.25, 0.3) is 0 Å². The van der Waals surface area contributed by atoms with Crippen molar-refractivity contribution < 1.29 is 8.42 Å². The van der Waals surface area contributed by atoms with Gasteiger partial charge in [0.2, 0.25) is 10.0 Å². The predicted octanol–water partition coefficient (Wildman–Crippen LogP) is 2.76. The molecule has 1 aliphatic carbocycles. The Morgan fingerprint density at radius 2 is 2.00 bits per heavy atom. The fourth-order valence-corrected chi connectivity index (χ4v) is 5.18. The van der Waals surface area contributed by atoms with Gasteiger partial charge in [0.1, 0.15) is 4.21 Å². The lowest BCUT2D eigenvalue weighted by Gasteiger charge is -2.09. The number of sulfonamides is 1. The molecule has 1 fully saturated rings. The molecule has 21 heavy (non-hydrogen) atoms. The zero-order valence-corrected chi connectivity index (χ0v) is 14.4. The van der Waals surface area contributed by atoms with Crippen LogP contribution in [0.15, 0.2) is 16.3 Å². The summed E-state index contributed by atoms with van der Waals surface area (Å²) in [5.74, 6) is 0.525. The highest BCUT2D eigenvalue weighted by Crippen LogP contribution is 2.25. The maximum atomic E-state index is 12.3. The molecular weight excluding hydrogens is 304 g/mol. The topological polar surface area (TPSA) is 58.2 Å². The lowest BCUT2D eigenvalue weighted by molar-refractivity contribution is 0.520. The zero-order chi connectivity index (χ0) is 15.1. The molecule has 0 unspecified atom stereocenters. The second kappa shape index (κ2) is 8.27. The fourth-order valence-electron chi connectivity index (χ4n) is 2.66. The van der Waals surface area contributed by atoms with Gasteiger partial charge in [-0.05, 0) is 56.8 Å². The van der Waals surface area contributed by atoms with E-state index < -0.39 is 10.0 Å². The maximum absolute atomic E-state index is 12.3. The maximum Gasteiger partial charge on any atom is 0.250 e. The van der Waals surface area contributed by atoms with Crippen molar-refractivity contribution in [1.82, 2.24) is 10.0 Å². The van der Waals surface area contributed by atoms with Gasteiger partial charge in [0, 0.05) is 11.4 Å². The van der Waals surface area contributed by atoms with Crippen molar-refractivity contribution in [1.29, 1.82) is 0 Å². The van der Waals surface area contributed by atoms with Crippen LogP contribution in [0.5, 0.6) is 0 Å². The zero-order valence-electron chi connectivity index (χ0n) is 12.7. The van der Waals surface area contributed by atoms with Crippen molar-refractivity contribution in [2.45, 2.75) is 49.7 Å². The Bertz CT molecular complexity index is 520. The molecule has 120 valence electrons. The summed E-state index contributed by atoms with van der Waals surface area (Å²) in [6, 6.07) is 3.67. The lowest BCUT2D eigenvalue weighted by atomic mass is 10.1. The van der Waals surface area contributed by atoms with Crippen LogP contribution in [0.1, 0.15) is 43.9 Å². The molecule has 0 spiro atoms. The summed E-state index contributed by atoms with van der Waals surface area (Å²) in [4.78, 5) is 1.12. The summed E-state index contributed by atoms with van der Waals surface area (Å²) >= 11 is 1.39. The Kier molecular flexibility index (Phi) is 6.67. The van der Waals surface area contributed by atoms with Gasteiger partial charge < -0.3 is 5.32 Å². The van der Waals surface area contributed by atoms with Crippen LogP contribution in [0.3, 0.4) is 0 Å². The molecule has 2 N–H and O–H groups in total. The van der Waals surface area contributed by atoms with Gasteiger partial charge in [0.05, 0.1) is 0 Å². The van der Waals surface area contributed by atoms with Crippen LogP contribution in [0.4, 0.5) is 0 Å². The third-order valence-corrected chi connectivity index (χ3v) is 6.97. The second-order valence-corrected chi connectivity index (χ2v) is 8.89. The van der Waals surface area contributed by atoms with E-state index in [4.69, 9.17) is 0 Å². The van der Waals surface area contributed by atoms with Crippen molar-refractivity contribution in [3.05, 3.63) is 17.0 Å². The van der Waals surface area contributed by atoms with E-state index >= 15 is 0 Å². The smallest absolute Gasteiger partial charge is 0.250 e. The molecule has 2 rings (SSSR count). The first-order valence-electron chi connectivity index (χ1n) is 7.91. The minimum absolute atomic E-state index is 0.450. The predicted molar refractivity (Wildman–Crippen MR) is 88.3 cm³/mol. The van der Waals surface area contributed by atoms with Gasteiger partial charge in [0.25, 0.3) is 0 Å². The lowest BCUT2D eigenvalue weighted by Crippen LogP contribution is -2.27. The van der Waals surface area contributed by atoms with Crippen LogP contribution in [-0.4, -0.2) is 28.1 Å². The molecule has 0 radical (unpaired) electrons. The molecule has 0 saturated heterocycles. The van der Waals surface area contributed by atoms with Crippen molar-refractivity contribution in [2.24, 2.45) is 5.92 Å². The van der Waals surface area contributed by atoms with E-state index in [1.807, 2.05) is 6.07 Å². The molecule has 1 aromatic heterocycles. The average Bonchev–Trinajstić information content (AvgIpc) is 3.13. The van der Waals surface area contributed by atoms with Crippen LogP contribution in [0.2, 0.25) is 0 Å². The Labute approximate surface area is 132 Å². The molecule has 4 nitrogen and oxygen atoms in total. The fraction of sp³-hybridized carbons (Fsp3) is 0.733. The Morgan fingerprint density at radius 3 is 2.71 bits per heavy atom. The molecule has 1 aromatic rings. The van der Waals surface area contributed by atoms with E-state index in [0.717, 1.165) is 43.6 Å². The number of thiophene rings is 1. The van der Waals surface area contributed by atoms with Gasteiger partial charge >= 0.3 is 0 Å². The van der Waals surface area contributed by atoms with Gasteiger partial charge in [-0.15, -0.1) is 11.3 Å². The third kappa shape index (κ3) is 5.36. The second-order valence-electron chi connectivity index (χ2n) is 5.72. The summed E-state index contributed by atoms with van der Waals surface area (Å²) in [6.45, 7) is 4.65. The van der Waals surface area contributed by atoms with Gasteiger partial charge in [-0.25, -0.2) is 13.1 Å². The Morgan fingerprint density at radius 1 is 1.24 bits per heavy atom. The monoisotopic (exact) mass is 330 g/mol. The van der Waals surface area contributed by atoms with Crippen LogP contribution in [0, 0.1) is 5.92 Å². The third-order valence-electron chi connectivity index (χ3n) is 3.91. The number of nitrogens with one attached hydrogen (secondary N) is 2. The van der Waals surface area contributed by atoms with E-state index in [2.05, 4.69) is 17.0 Å². The summed E-state index contributed by atoms with van der Waals surface area (Å²) in [7, 11) is -3.31. The SMILES string of the molecule is CCCNCCc1ccc(S(=O)(=O)NCC2CCCC2)s1. The quantitative estimate of drug-likeness (QED) is 0.685. The highest BCUT2D eigenvalue weighted by molar-refractivity contribution is 7.91. The van der Waals surface area contributed by atoms with Crippen molar-refractivity contribution in [3.8, 4) is 0 Å². The first kappa shape index (κ1) is 16.9. The minimum Gasteiger partial charge on any atom is -0.316 e. The Hall–Kier alpha value is -0.430. The molecule has 6 heteroatoms.